The molecule has 0 radical (unpaired) electrons. The molecule has 1 aromatic heterocycles. The highest BCUT2D eigenvalue weighted by atomic mass is 35.5. The molecule has 0 bridgehead atoms. The van der Waals surface area contributed by atoms with E-state index in [9.17, 15) is 9.59 Å². The van der Waals surface area contributed by atoms with Gasteiger partial charge >= 0.3 is 0 Å². The van der Waals surface area contributed by atoms with Gasteiger partial charge in [-0.3, -0.25) is 14.6 Å². The molecular formula is C25H21ClN4O2S2. The van der Waals surface area contributed by atoms with E-state index in [1.54, 1.807) is 16.2 Å². The number of thiophene rings is 1. The Labute approximate surface area is 210 Å². The molecule has 2 aromatic carbocycles. The van der Waals surface area contributed by atoms with Gasteiger partial charge in [0.15, 0.2) is 5.17 Å². The van der Waals surface area contributed by atoms with Crippen LogP contribution in [0.2, 0.25) is 5.02 Å². The maximum absolute atomic E-state index is 13.4. The van der Waals surface area contributed by atoms with E-state index in [0.29, 0.717) is 34.7 Å². The monoisotopic (exact) mass is 508 g/mol. The molecule has 6 nitrogen and oxygen atoms in total. The molecule has 1 atom stereocenters. The summed E-state index contributed by atoms with van der Waals surface area (Å²) < 4.78 is 0. The molecule has 2 aliphatic heterocycles. The molecule has 9 heteroatoms. The summed E-state index contributed by atoms with van der Waals surface area (Å²) in [4.78, 5) is 37.9. The molecule has 3 aromatic rings. The van der Waals surface area contributed by atoms with Gasteiger partial charge in [-0.05, 0) is 41.6 Å². The number of thioether (sulfide) groups is 1. The van der Waals surface area contributed by atoms with Crippen molar-refractivity contribution in [1.82, 2.24) is 10.2 Å². The highest BCUT2D eigenvalue weighted by Crippen LogP contribution is 2.35. The predicted molar refractivity (Wildman–Crippen MR) is 139 cm³/mol. The number of rotatable bonds is 7. The van der Waals surface area contributed by atoms with Crippen LogP contribution in [0.1, 0.15) is 28.8 Å². The second-order valence-corrected chi connectivity index (χ2v) is 10.2. The third-order valence-corrected chi connectivity index (χ3v) is 7.78. The van der Waals surface area contributed by atoms with Crippen LogP contribution in [0.25, 0.3) is 0 Å². The highest BCUT2D eigenvalue weighted by molar-refractivity contribution is 8.13. The van der Waals surface area contributed by atoms with Gasteiger partial charge in [0, 0.05) is 27.6 Å². The third-order valence-electron chi connectivity index (χ3n) is 5.55. The molecule has 0 unspecified atom stereocenters. The van der Waals surface area contributed by atoms with Crippen LogP contribution in [0.5, 0.6) is 0 Å². The van der Waals surface area contributed by atoms with Gasteiger partial charge in [-0.15, -0.1) is 11.3 Å². The number of benzene rings is 2. The molecule has 3 heterocycles. The summed E-state index contributed by atoms with van der Waals surface area (Å²) in [5, 5.41) is 6.15. The first-order valence-electron chi connectivity index (χ1n) is 10.9. The Morgan fingerprint density at radius 3 is 2.76 bits per heavy atom. The van der Waals surface area contributed by atoms with Crippen LogP contribution in [-0.4, -0.2) is 33.8 Å². The zero-order valence-electron chi connectivity index (χ0n) is 18.1. The Morgan fingerprint density at radius 2 is 1.94 bits per heavy atom. The number of para-hydroxylation sites is 1. The molecule has 2 amide bonds. The maximum atomic E-state index is 13.4. The van der Waals surface area contributed by atoms with Gasteiger partial charge in [0.05, 0.1) is 12.2 Å². The third kappa shape index (κ3) is 4.80. The average molecular weight is 509 g/mol. The van der Waals surface area contributed by atoms with Crippen LogP contribution in [0.15, 0.2) is 76.0 Å². The number of nitrogens with zero attached hydrogens (tertiary/aromatic N) is 3. The van der Waals surface area contributed by atoms with Crippen molar-refractivity contribution in [1.29, 1.82) is 0 Å². The normalized spacial score (nSPS) is 16.6. The molecule has 1 N–H and O–H groups in total. The van der Waals surface area contributed by atoms with E-state index in [2.05, 4.69) is 5.32 Å². The lowest BCUT2D eigenvalue weighted by Gasteiger charge is -2.25. The molecule has 0 aliphatic carbocycles. The minimum Gasteiger partial charge on any atom is -0.351 e. The maximum Gasteiger partial charge on any atom is 0.259 e. The summed E-state index contributed by atoms with van der Waals surface area (Å²) in [6.07, 6.45) is 0.576. The van der Waals surface area contributed by atoms with Gasteiger partial charge in [0.25, 0.3) is 5.91 Å². The quantitative estimate of drug-likeness (QED) is 0.465. The van der Waals surface area contributed by atoms with Crippen LogP contribution in [-0.2, 0) is 21.9 Å². The molecule has 0 saturated carbocycles. The zero-order valence-corrected chi connectivity index (χ0v) is 20.5. The van der Waals surface area contributed by atoms with Crippen molar-refractivity contribution < 1.29 is 9.59 Å². The number of hydrogen-bond donors (Lipinski definition) is 1. The van der Waals surface area contributed by atoms with E-state index in [4.69, 9.17) is 21.6 Å². The van der Waals surface area contributed by atoms with Gasteiger partial charge in [0.2, 0.25) is 5.91 Å². The van der Waals surface area contributed by atoms with Crippen molar-refractivity contribution in [3.63, 3.8) is 0 Å². The number of fused-ring (bicyclic) bond motifs is 3. The molecular weight excluding hydrogens is 488 g/mol. The summed E-state index contributed by atoms with van der Waals surface area (Å²) >= 11 is 9.37. The average Bonchev–Trinajstić information content (AvgIpc) is 3.49. The number of nitrogens with one attached hydrogen (secondary N) is 1. The Hall–Kier alpha value is -2.94. The van der Waals surface area contributed by atoms with E-state index in [1.165, 1.54) is 11.8 Å². The van der Waals surface area contributed by atoms with Crippen molar-refractivity contribution in [2.45, 2.75) is 31.2 Å². The number of carbonyl (C=O) groups excluding carboxylic acids is 2. The van der Waals surface area contributed by atoms with E-state index in [0.717, 1.165) is 21.7 Å². The number of aliphatic imine (C=N–C) groups is 2. The van der Waals surface area contributed by atoms with Gasteiger partial charge in [0.1, 0.15) is 11.9 Å². The Morgan fingerprint density at radius 1 is 1.12 bits per heavy atom. The summed E-state index contributed by atoms with van der Waals surface area (Å²) in [6.45, 7) is 0.499. The molecule has 5 rings (SSSR count). The molecule has 0 saturated heterocycles. The van der Waals surface area contributed by atoms with Crippen LogP contribution < -0.4 is 5.32 Å². The van der Waals surface area contributed by atoms with Gasteiger partial charge < -0.3 is 5.32 Å². The minimum absolute atomic E-state index is 0.0892. The SMILES string of the molecule is O=C(CC[C@@H]1N=C2c3ccccc3N=C(SCc3ccccc3Cl)N2C1=O)NCc1cccs1. The van der Waals surface area contributed by atoms with E-state index < -0.39 is 6.04 Å². The topological polar surface area (TPSA) is 74.1 Å². The lowest BCUT2D eigenvalue weighted by Crippen LogP contribution is -2.41. The Kier molecular flexibility index (Phi) is 6.80. The number of halogens is 1. The van der Waals surface area contributed by atoms with Crippen molar-refractivity contribution in [2.75, 3.05) is 0 Å². The number of hydrogen-bond acceptors (Lipinski definition) is 6. The summed E-state index contributed by atoms with van der Waals surface area (Å²) in [7, 11) is 0. The lowest BCUT2D eigenvalue weighted by molar-refractivity contribution is -0.125. The molecule has 172 valence electrons. The van der Waals surface area contributed by atoms with Crippen LogP contribution in [0, 0.1) is 0 Å². The Balaban J connectivity index is 1.30. The standard InChI is InChI=1S/C25H21ClN4O2S2/c26-19-9-3-1-6-16(19)15-34-25-29-20-10-4-2-8-18(20)23-28-21(24(32)30(23)25)11-12-22(31)27-14-17-7-5-13-33-17/h1-10,13,21H,11-12,14-15H2,(H,27,31)/t21-/m0/s1. The second-order valence-electron chi connectivity index (χ2n) is 7.83. The Bertz CT molecular complexity index is 1290. The molecule has 34 heavy (non-hydrogen) atoms. The minimum atomic E-state index is -0.611. The van der Waals surface area contributed by atoms with Gasteiger partial charge in [-0.25, -0.2) is 9.89 Å². The fourth-order valence-electron chi connectivity index (χ4n) is 3.80. The van der Waals surface area contributed by atoms with Crippen LogP contribution >= 0.6 is 34.7 Å². The van der Waals surface area contributed by atoms with Gasteiger partial charge in [-0.1, -0.05) is 59.8 Å². The highest BCUT2D eigenvalue weighted by Gasteiger charge is 2.41. The second kappa shape index (κ2) is 10.1. The van der Waals surface area contributed by atoms with Crippen molar-refractivity contribution in [2.24, 2.45) is 9.98 Å². The molecule has 2 aliphatic rings. The van der Waals surface area contributed by atoms with Gasteiger partial charge in [-0.2, -0.15) is 0 Å². The first-order chi connectivity index (χ1) is 16.6. The molecule has 0 fully saturated rings. The largest absolute Gasteiger partial charge is 0.351 e. The number of amides is 2. The first-order valence-corrected chi connectivity index (χ1v) is 13.1. The zero-order chi connectivity index (χ0) is 23.5. The van der Waals surface area contributed by atoms with Crippen molar-refractivity contribution in [3.8, 4) is 0 Å². The van der Waals surface area contributed by atoms with Crippen LogP contribution in [0.4, 0.5) is 5.69 Å². The lowest BCUT2D eigenvalue weighted by atomic mass is 10.1. The van der Waals surface area contributed by atoms with E-state index >= 15 is 0 Å². The summed E-state index contributed by atoms with van der Waals surface area (Å²) in [5.41, 5.74) is 2.57. The molecule has 0 spiro atoms. The van der Waals surface area contributed by atoms with Crippen molar-refractivity contribution in [3.05, 3.63) is 87.1 Å². The fourth-order valence-corrected chi connectivity index (χ4v) is 5.73. The van der Waals surface area contributed by atoms with Crippen molar-refractivity contribution >= 4 is 63.2 Å². The van der Waals surface area contributed by atoms with E-state index in [1.807, 2.05) is 66.0 Å². The predicted octanol–water partition coefficient (Wildman–Crippen LogP) is 5.39. The van der Waals surface area contributed by atoms with Crippen LogP contribution in [0.3, 0.4) is 0 Å². The smallest absolute Gasteiger partial charge is 0.259 e. The summed E-state index contributed by atoms with van der Waals surface area (Å²) in [6, 6.07) is 18.6. The number of carbonyl (C=O) groups is 2. The van der Waals surface area contributed by atoms with E-state index in [-0.39, 0.29) is 18.2 Å². The first kappa shape index (κ1) is 22.8. The number of amidine groups is 2. The fraction of sp³-hybridized carbons (Fsp3) is 0.200. The summed E-state index contributed by atoms with van der Waals surface area (Å²) in [5.74, 6) is 0.934.